The maximum Gasteiger partial charge on any atom is 0.273 e. The van der Waals surface area contributed by atoms with Gasteiger partial charge in [-0.2, -0.15) is 0 Å². The first-order valence-corrected chi connectivity index (χ1v) is 9.90. The molecule has 2 atom stereocenters. The zero-order chi connectivity index (χ0) is 23.6. The van der Waals surface area contributed by atoms with Gasteiger partial charge in [-0.1, -0.05) is 23.7 Å². The third-order valence-electron chi connectivity index (χ3n) is 5.07. The van der Waals surface area contributed by atoms with Gasteiger partial charge in [-0.25, -0.2) is 27.2 Å². The van der Waals surface area contributed by atoms with Crippen molar-refractivity contribution in [2.45, 2.75) is 24.5 Å². The number of rotatable bonds is 7. The van der Waals surface area contributed by atoms with Crippen LogP contribution in [0.3, 0.4) is 0 Å². The zero-order valence-electron chi connectivity index (χ0n) is 16.7. The van der Waals surface area contributed by atoms with E-state index in [1.54, 1.807) is 24.4 Å². The second kappa shape index (κ2) is 9.20. The topological polar surface area (TPSA) is 89.6 Å². The number of hydrogen-bond acceptors (Lipinski definition) is 6. The molecule has 4 rings (SSSR count). The fourth-order valence-electron chi connectivity index (χ4n) is 3.50. The summed E-state index contributed by atoms with van der Waals surface area (Å²) >= 11 is 5.78. The number of hydrogen-bond donors (Lipinski definition) is 1. The molecule has 4 aromatic rings. The quantitative estimate of drug-likeness (QED) is 0.321. The third kappa shape index (κ3) is 4.55. The Labute approximate surface area is 189 Å². The van der Waals surface area contributed by atoms with Gasteiger partial charge in [0, 0.05) is 30.4 Å². The summed E-state index contributed by atoms with van der Waals surface area (Å²) < 4.78 is 57.5. The molecule has 3 aromatic heterocycles. The molecule has 0 bridgehead atoms. The smallest absolute Gasteiger partial charge is 0.273 e. The number of tetrazole rings is 1. The minimum atomic E-state index is -3.51. The number of alkyl halides is 2. The van der Waals surface area contributed by atoms with Crippen LogP contribution >= 0.6 is 11.6 Å². The van der Waals surface area contributed by atoms with Gasteiger partial charge in [-0.05, 0) is 45.8 Å². The van der Waals surface area contributed by atoms with Gasteiger partial charge in [-0.15, -0.1) is 5.10 Å². The van der Waals surface area contributed by atoms with E-state index >= 15 is 0 Å². The highest BCUT2D eigenvalue weighted by Gasteiger charge is 2.51. The molecule has 3 heterocycles. The van der Waals surface area contributed by atoms with E-state index < -0.39 is 35.3 Å². The van der Waals surface area contributed by atoms with E-state index in [1.807, 2.05) is 0 Å². The van der Waals surface area contributed by atoms with Crippen LogP contribution in [-0.4, -0.2) is 41.7 Å². The van der Waals surface area contributed by atoms with E-state index in [2.05, 4.69) is 25.5 Å². The second-order valence-electron chi connectivity index (χ2n) is 7.20. The molecule has 0 aliphatic heterocycles. The lowest BCUT2D eigenvalue weighted by atomic mass is 9.84. The van der Waals surface area contributed by atoms with Crippen molar-refractivity contribution in [3.8, 4) is 0 Å². The summed E-state index contributed by atoms with van der Waals surface area (Å²) in [5.74, 6) is -2.33. The Hall–Kier alpha value is -3.44. The van der Waals surface area contributed by atoms with Crippen molar-refractivity contribution in [1.29, 1.82) is 0 Å². The van der Waals surface area contributed by atoms with Gasteiger partial charge in [0.05, 0.1) is 5.69 Å². The van der Waals surface area contributed by atoms with Crippen LogP contribution in [0.5, 0.6) is 0 Å². The molecule has 1 N–H and O–H groups in total. The normalized spacial score (nSPS) is 14.3. The van der Waals surface area contributed by atoms with Crippen molar-refractivity contribution in [1.82, 2.24) is 30.2 Å². The van der Waals surface area contributed by atoms with Gasteiger partial charge in [0.15, 0.2) is 5.60 Å². The van der Waals surface area contributed by atoms with Crippen LogP contribution in [0.15, 0.2) is 61.2 Å². The van der Waals surface area contributed by atoms with Gasteiger partial charge in [0.2, 0.25) is 0 Å². The van der Waals surface area contributed by atoms with Crippen molar-refractivity contribution < 1.29 is 22.7 Å². The van der Waals surface area contributed by atoms with Crippen LogP contribution < -0.4 is 0 Å². The van der Waals surface area contributed by atoms with Crippen LogP contribution in [0, 0.1) is 11.6 Å². The van der Waals surface area contributed by atoms with Crippen LogP contribution in [0.2, 0.25) is 5.15 Å². The molecule has 0 amide bonds. The number of pyridine rings is 2. The van der Waals surface area contributed by atoms with Crippen LogP contribution in [0.4, 0.5) is 17.6 Å². The van der Waals surface area contributed by atoms with E-state index in [9.17, 15) is 22.7 Å². The Bertz CT molecular complexity index is 1220. The zero-order valence-corrected chi connectivity index (χ0v) is 17.4. The summed E-state index contributed by atoms with van der Waals surface area (Å²) in [6.07, 6.45) is 0.933. The Balaban J connectivity index is 1.76. The minimum absolute atomic E-state index is 0.0631. The Morgan fingerprint density at radius 3 is 2.27 bits per heavy atom. The molecule has 0 saturated carbocycles. The maximum atomic E-state index is 14.5. The van der Waals surface area contributed by atoms with Gasteiger partial charge < -0.3 is 5.11 Å². The van der Waals surface area contributed by atoms with E-state index in [0.29, 0.717) is 23.2 Å². The van der Waals surface area contributed by atoms with Crippen LogP contribution in [0.25, 0.3) is 0 Å². The van der Waals surface area contributed by atoms with Crippen molar-refractivity contribution in [3.63, 3.8) is 0 Å². The molecular weight excluding hydrogens is 464 g/mol. The largest absolute Gasteiger partial charge is 0.377 e. The monoisotopic (exact) mass is 478 g/mol. The average molecular weight is 479 g/mol. The molecule has 0 fully saturated rings. The summed E-state index contributed by atoms with van der Waals surface area (Å²) in [6, 6.07) is 6.65. The molecule has 0 aliphatic carbocycles. The third-order valence-corrected chi connectivity index (χ3v) is 5.29. The molecule has 0 radical (unpaired) electrons. The first-order chi connectivity index (χ1) is 15.8. The van der Waals surface area contributed by atoms with Crippen molar-refractivity contribution in [2.24, 2.45) is 0 Å². The first kappa shape index (κ1) is 22.7. The van der Waals surface area contributed by atoms with Gasteiger partial charge in [-0.3, -0.25) is 4.98 Å². The molecule has 1 aromatic carbocycles. The summed E-state index contributed by atoms with van der Waals surface area (Å²) in [7, 11) is 0. The summed E-state index contributed by atoms with van der Waals surface area (Å²) in [5.41, 5.74) is -2.50. The number of halogens is 5. The highest BCUT2D eigenvalue weighted by molar-refractivity contribution is 6.29. The van der Waals surface area contributed by atoms with Crippen molar-refractivity contribution in [3.05, 3.63) is 100 Å². The number of benzene rings is 1. The molecule has 0 aliphatic rings. The molecular formula is C21H15ClF4N6O. The summed E-state index contributed by atoms with van der Waals surface area (Å²) in [4.78, 5) is 8.21. The lowest BCUT2D eigenvalue weighted by molar-refractivity contribution is -0.131. The van der Waals surface area contributed by atoms with Crippen LogP contribution in [0.1, 0.15) is 28.4 Å². The van der Waals surface area contributed by atoms with E-state index in [1.165, 1.54) is 12.3 Å². The maximum absolute atomic E-state index is 14.5. The fourth-order valence-corrected chi connectivity index (χ4v) is 3.61. The number of aromatic nitrogens is 6. The van der Waals surface area contributed by atoms with Gasteiger partial charge in [0.25, 0.3) is 6.43 Å². The molecule has 170 valence electrons. The Morgan fingerprint density at radius 1 is 1.00 bits per heavy atom. The Kier molecular flexibility index (Phi) is 6.34. The second-order valence-corrected chi connectivity index (χ2v) is 7.59. The van der Waals surface area contributed by atoms with Crippen LogP contribution in [-0.2, 0) is 12.0 Å². The average Bonchev–Trinajstić information content (AvgIpc) is 3.30. The lowest BCUT2D eigenvalue weighted by Crippen LogP contribution is -2.45. The predicted molar refractivity (Wildman–Crippen MR) is 109 cm³/mol. The SMILES string of the molecule is OC(c1ccc(F)cc1F)(C(F)F)C(c1ccc(Cc2ccc(Cl)nc2)cn1)n1cnnn1. The molecule has 2 unspecified atom stereocenters. The number of nitrogens with zero attached hydrogens (tertiary/aromatic N) is 6. The first-order valence-electron chi connectivity index (χ1n) is 9.53. The van der Waals surface area contributed by atoms with Crippen molar-refractivity contribution in [2.75, 3.05) is 0 Å². The summed E-state index contributed by atoms with van der Waals surface area (Å²) in [6.45, 7) is 0. The van der Waals surface area contributed by atoms with E-state index in [-0.39, 0.29) is 5.69 Å². The molecule has 0 saturated heterocycles. The lowest BCUT2D eigenvalue weighted by Gasteiger charge is -2.35. The van der Waals surface area contributed by atoms with E-state index in [4.69, 9.17) is 11.6 Å². The number of aliphatic hydroxyl groups is 1. The van der Waals surface area contributed by atoms with Crippen molar-refractivity contribution >= 4 is 11.6 Å². The molecule has 33 heavy (non-hydrogen) atoms. The van der Waals surface area contributed by atoms with Gasteiger partial charge in [0.1, 0.15) is 29.2 Å². The fraction of sp³-hybridized carbons (Fsp3) is 0.190. The summed E-state index contributed by atoms with van der Waals surface area (Å²) in [5, 5.41) is 22.0. The highest BCUT2D eigenvalue weighted by Crippen LogP contribution is 2.42. The standard InChI is InChI=1S/C21H15ClF4N6O/c22-18-6-2-13(10-28-18)7-12-1-5-17(27-9-12)19(32-11-29-30-31-32)21(33,20(25)26)15-4-3-14(23)8-16(15)24/h1-6,8-11,19-20,33H,7H2. The minimum Gasteiger partial charge on any atom is -0.377 e. The molecule has 12 heteroatoms. The highest BCUT2D eigenvalue weighted by atomic mass is 35.5. The van der Waals surface area contributed by atoms with E-state index in [0.717, 1.165) is 28.7 Å². The predicted octanol–water partition coefficient (Wildman–Crippen LogP) is 3.73. The van der Waals surface area contributed by atoms with Gasteiger partial charge >= 0.3 is 0 Å². The molecule has 0 spiro atoms. The molecule has 7 nitrogen and oxygen atoms in total. The Morgan fingerprint density at radius 2 is 1.73 bits per heavy atom.